The molecular formula is C12H13N3O. The van der Waals surface area contributed by atoms with Gasteiger partial charge < -0.3 is 11.1 Å². The molecule has 0 atom stereocenters. The molecular weight excluding hydrogens is 202 g/mol. The number of urea groups is 1. The van der Waals surface area contributed by atoms with Gasteiger partial charge in [0.25, 0.3) is 0 Å². The number of benzene rings is 1. The molecule has 0 saturated carbocycles. The minimum absolute atomic E-state index is 0.553. The van der Waals surface area contributed by atoms with E-state index in [9.17, 15) is 4.79 Å². The highest BCUT2D eigenvalue weighted by Crippen LogP contribution is 2.24. The van der Waals surface area contributed by atoms with Crippen LogP contribution < -0.4 is 11.1 Å². The van der Waals surface area contributed by atoms with Crippen LogP contribution >= 0.6 is 0 Å². The van der Waals surface area contributed by atoms with Crippen molar-refractivity contribution >= 4 is 22.5 Å². The van der Waals surface area contributed by atoms with Gasteiger partial charge in [0.1, 0.15) is 0 Å². The van der Waals surface area contributed by atoms with E-state index >= 15 is 0 Å². The number of rotatable bonds is 2. The van der Waals surface area contributed by atoms with E-state index in [0.717, 1.165) is 28.6 Å². The van der Waals surface area contributed by atoms with Crippen molar-refractivity contribution in [1.82, 2.24) is 4.98 Å². The number of hydrogen-bond acceptors (Lipinski definition) is 2. The van der Waals surface area contributed by atoms with Crippen molar-refractivity contribution in [3.05, 3.63) is 36.2 Å². The van der Waals surface area contributed by atoms with Crippen LogP contribution in [0.25, 0.3) is 10.8 Å². The topological polar surface area (TPSA) is 68.0 Å². The second kappa shape index (κ2) is 4.18. The summed E-state index contributed by atoms with van der Waals surface area (Å²) in [7, 11) is 0. The first-order valence-electron chi connectivity index (χ1n) is 5.15. The molecule has 0 saturated heterocycles. The lowest BCUT2D eigenvalue weighted by molar-refractivity contribution is 0.259. The highest BCUT2D eigenvalue weighted by molar-refractivity contribution is 6.01. The minimum atomic E-state index is -0.553. The molecule has 0 bridgehead atoms. The molecule has 16 heavy (non-hydrogen) atoms. The number of nitrogens with one attached hydrogen (secondary N) is 1. The van der Waals surface area contributed by atoms with Crippen molar-refractivity contribution < 1.29 is 4.79 Å². The number of primary amides is 1. The first kappa shape index (κ1) is 10.4. The number of fused-ring (bicyclic) bond motifs is 1. The molecule has 0 radical (unpaired) electrons. The minimum Gasteiger partial charge on any atom is -0.351 e. The van der Waals surface area contributed by atoms with E-state index in [1.54, 1.807) is 6.20 Å². The average Bonchev–Trinajstić information content (AvgIpc) is 2.28. The van der Waals surface area contributed by atoms with Crippen molar-refractivity contribution in [2.24, 2.45) is 5.73 Å². The Kier molecular flexibility index (Phi) is 2.72. The number of aryl methyl sites for hydroxylation is 1. The van der Waals surface area contributed by atoms with Gasteiger partial charge in [0.2, 0.25) is 0 Å². The number of nitrogens with two attached hydrogens (primary N) is 1. The molecule has 2 aromatic rings. The van der Waals surface area contributed by atoms with Crippen LogP contribution in [0.15, 0.2) is 30.5 Å². The van der Waals surface area contributed by atoms with Crippen molar-refractivity contribution in [3.8, 4) is 0 Å². The van der Waals surface area contributed by atoms with Gasteiger partial charge in [-0.15, -0.1) is 0 Å². The SMILES string of the molecule is CCc1nccc2c(NC(N)=O)cccc12. The first-order chi connectivity index (χ1) is 7.72. The van der Waals surface area contributed by atoms with Gasteiger partial charge in [-0.1, -0.05) is 19.1 Å². The first-order valence-corrected chi connectivity index (χ1v) is 5.15. The second-order valence-corrected chi connectivity index (χ2v) is 3.50. The third-order valence-corrected chi connectivity index (χ3v) is 2.48. The van der Waals surface area contributed by atoms with E-state index in [-0.39, 0.29) is 0 Å². The van der Waals surface area contributed by atoms with E-state index in [2.05, 4.69) is 17.2 Å². The van der Waals surface area contributed by atoms with Crippen LogP contribution in [-0.2, 0) is 6.42 Å². The molecule has 4 heteroatoms. The van der Waals surface area contributed by atoms with Crippen LogP contribution in [0, 0.1) is 0 Å². The van der Waals surface area contributed by atoms with Crippen LogP contribution in [0.4, 0.5) is 10.5 Å². The lowest BCUT2D eigenvalue weighted by Crippen LogP contribution is -2.19. The molecule has 1 aromatic carbocycles. The van der Waals surface area contributed by atoms with Crippen LogP contribution in [0.1, 0.15) is 12.6 Å². The monoisotopic (exact) mass is 215 g/mol. The molecule has 2 amide bonds. The van der Waals surface area contributed by atoms with Crippen molar-refractivity contribution in [3.63, 3.8) is 0 Å². The van der Waals surface area contributed by atoms with Gasteiger partial charge in [-0.25, -0.2) is 4.79 Å². The summed E-state index contributed by atoms with van der Waals surface area (Å²) in [6, 6.07) is 7.02. The number of carbonyl (C=O) groups is 1. The normalized spacial score (nSPS) is 10.3. The Morgan fingerprint density at radius 1 is 1.38 bits per heavy atom. The molecule has 82 valence electrons. The fraction of sp³-hybridized carbons (Fsp3) is 0.167. The molecule has 0 aliphatic rings. The van der Waals surface area contributed by atoms with Gasteiger partial charge in [0.15, 0.2) is 0 Å². The average molecular weight is 215 g/mol. The maximum Gasteiger partial charge on any atom is 0.316 e. The summed E-state index contributed by atoms with van der Waals surface area (Å²) in [6.07, 6.45) is 2.60. The van der Waals surface area contributed by atoms with Crippen molar-refractivity contribution in [2.75, 3.05) is 5.32 Å². The highest BCUT2D eigenvalue weighted by atomic mass is 16.2. The van der Waals surface area contributed by atoms with Crippen LogP contribution in [-0.4, -0.2) is 11.0 Å². The Labute approximate surface area is 93.5 Å². The van der Waals surface area contributed by atoms with E-state index < -0.39 is 6.03 Å². The number of carbonyl (C=O) groups excluding carboxylic acids is 1. The lowest BCUT2D eigenvalue weighted by atomic mass is 10.1. The van der Waals surface area contributed by atoms with Gasteiger partial charge in [0.05, 0.1) is 5.69 Å². The Bertz CT molecular complexity index is 537. The Morgan fingerprint density at radius 3 is 2.88 bits per heavy atom. The zero-order valence-corrected chi connectivity index (χ0v) is 9.03. The fourth-order valence-corrected chi connectivity index (χ4v) is 1.79. The van der Waals surface area contributed by atoms with Gasteiger partial charge >= 0.3 is 6.03 Å². The summed E-state index contributed by atoms with van der Waals surface area (Å²) in [5.41, 5.74) is 6.86. The predicted molar refractivity (Wildman–Crippen MR) is 64.3 cm³/mol. The number of hydrogen-bond donors (Lipinski definition) is 2. The Morgan fingerprint density at radius 2 is 2.19 bits per heavy atom. The standard InChI is InChI=1S/C12H13N3O/c1-2-10-8-4-3-5-11(15-12(13)16)9(8)6-7-14-10/h3-7H,2H2,1H3,(H3,13,15,16). The predicted octanol–water partition coefficient (Wildman–Crippen LogP) is 2.29. The molecule has 0 aliphatic carbocycles. The van der Waals surface area contributed by atoms with E-state index in [4.69, 9.17) is 5.73 Å². The van der Waals surface area contributed by atoms with Gasteiger partial charge in [-0.05, 0) is 18.6 Å². The smallest absolute Gasteiger partial charge is 0.316 e. The highest BCUT2D eigenvalue weighted by Gasteiger charge is 2.05. The molecule has 0 unspecified atom stereocenters. The molecule has 0 aliphatic heterocycles. The number of aromatic nitrogens is 1. The quantitative estimate of drug-likeness (QED) is 0.807. The third-order valence-electron chi connectivity index (χ3n) is 2.48. The summed E-state index contributed by atoms with van der Waals surface area (Å²) in [5, 5.41) is 4.63. The van der Waals surface area contributed by atoms with Crippen molar-refractivity contribution in [2.45, 2.75) is 13.3 Å². The van der Waals surface area contributed by atoms with E-state index in [1.165, 1.54) is 0 Å². The number of amides is 2. The fourth-order valence-electron chi connectivity index (χ4n) is 1.79. The largest absolute Gasteiger partial charge is 0.351 e. The van der Waals surface area contributed by atoms with Crippen LogP contribution in [0.2, 0.25) is 0 Å². The zero-order valence-electron chi connectivity index (χ0n) is 9.03. The zero-order chi connectivity index (χ0) is 11.5. The van der Waals surface area contributed by atoms with Crippen LogP contribution in [0.5, 0.6) is 0 Å². The van der Waals surface area contributed by atoms with Gasteiger partial charge in [0, 0.05) is 22.7 Å². The third kappa shape index (κ3) is 1.82. The maximum absolute atomic E-state index is 10.9. The number of nitrogens with zero attached hydrogens (tertiary/aromatic N) is 1. The molecule has 3 N–H and O–H groups in total. The Balaban J connectivity index is 2.64. The Hall–Kier alpha value is -2.10. The number of anilines is 1. The molecule has 4 nitrogen and oxygen atoms in total. The summed E-state index contributed by atoms with van der Waals surface area (Å²) >= 11 is 0. The van der Waals surface area contributed by atoms with Gasteiger partial charge in [-0.2, -0.15) is 0 Å². The summed E-state index contributed by atoms with van der Waals surface area (Å²) < 4.78 is 0. The van der Waals surface area contributed by atoms with Crippen molar-refractivity contribution in [1.29, 1.82) is 0 Å². The molecule has 1 aromatic heterocycles. The second-order valence-electron chi connectivity index (χ2n) is 3.50. The van der Waals surface area contributed by atoms with Crippen LogP contribution in [0.3, 0.4) is 0 Å². The molecule has 0 spiro atoms. The van der Waals surface area contributed by atoms with E-state index in [0.29, 0.717) is 0 Å². The maximum atomic E-state index is 10.9. The summed E-state index contributed by atoms with van der Waals surface area (Å²) in [6.45, 7) is 2.05. The summed E-state index contributed by atoms with van der Waals surface area (Å²) in [5.74, 6) is 0. The van der Waals surface area contributed by atoms with E-state index in [1.807, 2.05) is 24.3 Å². The van der Waals surface area contributed by atoms with Gasteiger partial charge in [-0.3, -0.25) is 4.98 Å². The molecule has 2 rings (SSSR count). The lowest BCUT2D eigenvalue weighted by Gasteiger charge is -2.08. The molecule has 1 heterocycles. The number of pyridine rings is 1. The molecule has 0 fully saturated rings. The summed E-state index contributed by atoms with van der Waals surface area (Å²) in [4.78, 5) is 15.2.